The number of nitrogens with zero attached hydrogens (tertiary/aromatic N) is 3. The van der Waals surface area contributed by atoms with Crippen molar-refractivity contribution in [3.63, 3.8) is 0 Å². The van der Waals surface area contributed by atoms with Crippen molar-refractivity contribution in [3.05, 3.63) is 65.5 Å². The molecule has 3 rings (SSSR count). The molecule has 0 saturated heterocycles. The number of hydrogen-bond donors (Lipinski definition) is 1. The van der Waals surface area contributed by atoms with E-state index in [9.17, 15) is 4.39 Å². The molecule has 0 amide bonds. The van der Waals surface area contributed by atoms with E-state index in [0.717, 1.165) is 28.6 Å². The van der Waals surface area contributed by atoms with Gasteiger partial charge < -0.3 is 5.32 Å². The van der Waals surface area contributed by atoms with Crippen LogP contribution < -0.4 is 5.32 Å². The maximum atomic E-state index is 13.2. The second-order valence-corrected chi connectivity index (χ2v) is 5.12. The molecule has 0 saturated carbocycles. The summed E-state index contributed by atoms with van der Waals surface area (Å²) in [4.78, 5) is 4.16. The van der Waals surface area contributed by atoms with Crippen LogP contribution in [0.4, 0.5) is 4.39 Å². The van der Waals surface area contributed by atoms with Gasteiger partial charge in [-0.2, -0.15) is 5.10 Å². The van der Waals surface area contributed by atoms with E-state index < -0.39 is 0 Å². The molecule has 3 aromatic rings. The second-order valence-electron chi connectivity index (χ2n) is 5.12. The van der Waals surface area contributed by atoms with Gasteiger partial charge in [0.1, 0.15) is 5.82 Å². The SMILES string of the molecule is CNC(Cc1ccc(F)cc1C)c1cnn2ccncc12. The van der Waals surface area contributed by atoms with E-state index >= 15 is 0 Å². The van der Waals surface area contributed by atoms with Gasteiger partial charge in [-0.15, -0.1) is 0 Å². The highest BCUT2D eigenvalue weighted by Gasteiger charge is 2.16. The zero-order chi connectivity index (χ0) is 14.8. The summed E-state index contributed by atoms with van der Waals surface area (Å²) in [6, 6.07) is 5.03. The second kappa shape index (κ2) is 5.61. The van der Waals surface area contributed by atoms with Gasteiger partial charge in [-0.1, -0.05) is 6.07 Å². The first kappa shape index (κ1) is 13.7. The molecule has 0 aliphatic rings. The number of hydrogen-bond acceptors (Lipinski definition) is 3. The zero-order valence-corrected chi connectivity index (χ0v) is 12.0. The molecule has 1 unspecified atom stereocenters. The van der Waals surface area contributed by atoms with E-state index in [4.69, 9.17) is 0 Å². The molecule has 0 aliphatic carbocycles. The monoisotopic (exact) mass is 284 g/mol. The van der Waals surface area contributed by atoms with E-state index in [1.807, 2.05) is 43.1 Å². The first-order chi connectivity index (χ1) is 10.2. The molecule has 0 radical (unpaired) electrons. The molecular weight excluding hydrogens is 267 g/mol. The van der Waals surface area contributed by atoms with E-state index in [1.165, 1.54) is 6.07 Å². The number of halogens is 1. The Morgan fingerprint density at radius 2 is 2.19 bits per heavy atom. The molecule has 0 spiro atoms. The van der Waals surface area contributed by atoms with Gasteiger partial charge in [-0.25, -0.2) is 8.91 Å². The van der Waals surface area contributed by atoms with Crippen LogP contribution in [0.15, 0.2) is 43.0 Å². The van der Waals surface area contributed by atoms with Crippen molar-refractivity contribution < 1.29 is 4.39 Å². The molecule has 1 N–H and O–H groups in total. The van der Waals surface area contributed by atoms with Crippen LogP contribution in [0, 0.1) is 12.7 Å². The maximum Gasteiger partial charge on any atom is 0.123 e. The molecule has 1 aromatic carbocycles. The van der Waals surface area contributed by atoms with Crippen LogP contribution in [-0.2, 0) is 6.42 Å². The fourth-order valence-electron chi connectivity index (χ4n) is 2.60. The smallest absolute Gasteiger partial charge is 0.123 e. The van der Waals surface area contributed by atoms with Gasteiger partial charge in [-0.05, 0) is 43.7 Å². The van der Waals surface area contributed by atoms with Crippen LogP contribution in [-0.4, -0.2) is 21.6 Å². The molecule has 0 fully saturated rings. The standard InChI is InChI=1S/C16H17FN4/c1-11-7-13(17)4-3-12(11)8-15(18-2)14-9-20-21-6-5-19-10-16(14)21/h3-7,9-10,15,18H,8H2,1-2H3. The summed E-state index contributed by atoms with van der Waals surface area (Å²) in [6.07, 6.45) is 7.98. The Balaban J connectivity index is 1.95. The van der Waals surface area contributed by atoms with Crippen molar-refractivity contribution in [2.45, 2.75) is 19.4 Å². The third kappa shape index (κ3) is 2.64. The van der Waals surface area contributed by atoms with Crippen LogP contribution >= 0.6 is 0 Å². The molecule has 4 nitrogen and oxygen atoms in total. The normalized spacial score (nSPS) is 12.7. The van der Waals surface area contributed by atoms with Gasteiger partial charge in [0.05, 0.1) is 17.9 Å². The number of benzene rings is 1. The Labute approximate surface area is 122 Å². The van der Waals surface area contributed by atoms with Gasteiger partial charge in [0.25, 0.3) is 0 Å². The van der Waals surface area contributed by atoms with Crippen molar-refractivity contribution in [2.24, 2.45) is 0 Å². The van der Waals surface area contributed by atoms with Crippen molar-refractivity contribution in [3.8, 4) is 0 Å². The summed E-state index contributed by atoms with van der Waals surface area (Å²) >= 11 is 0. The van der Waals surface area contributed by atoms with Gasteiger partial charge in [0, 0.05) is 24.0 Å². The summed E-state index contributed by atoms with van der Waals surface area (Å²) < 4.78 is 15.0. The number of aryl methyl sites for hydroxylation is 1. The van der Waals surface area contributed by atoms with Gasteiger partial charge in [-0.3, -0.25) is 4.98 Å². The molecule has 5 heteroatoms. The number of likely N-dealkylation sites (N-methyl/N-ethyl adjacent to an activating group) is 1. The quantitative estimate of drug-likeness (QED) is 0.801. The average molecular weight is 284 g/mol. The predicted octanol–water partition coefficient (Wildman–Crippen LogP) is 2.68. The summed E-state index contributed by atoms with van der Waals surface area (Å²) in [5.41, 5.74) is 4.16. The molecule has 21 heavy (non-hydrogen) atoms. The molecule has 2 aromatic heterocycles. The van der Waals surface area contributed by atoms with Crippen LogP contribution in [0.25, 0.3) is 5.52 Å². The highest BCUT2D eigenvalue weighted by atomic mass is 19.1. The van der Waals surface area contributed by atoms with E-state index in [2.05, 4.69) is 15.4 Å². The fourth-order valence-corrected chi connectivity index (χ4v) is 2.60. The van der Waals surface area contributed by atoms with Crippen LogP contribution in [0.3, 0.4) is 0 Å². The summed E-state index contributed by atoms with van der Waals surface area (Å²) in [6.45, 7) is 1.93. The van der Waals surface area contributed by atoms with Crippen molar-refractivity contribution >= 4 is 5.52 Å². The van der Waals surface area contributed by atoms with Crippen LogP contribution in [0.1, 0.15) is 22.7 Å². The van der Waals surface area contributed by atoms with Crippen LogP contribution in [0.5, 0.6) is 0 Å². The minimum atomic E-state index is -0.197. The minimum absolute atomic E-state index is 0.107. The van der Waals surface area contributed by atoms with Gasteiger partial charge in [0.15, 0.2) is 0 Å². The Bertz CT molecular complexity index is 766. The topological polar surface area (TPSA) is 42.2 Å². The largest absolute Gasteiger partial charge is 0.313 e. The van der Waals surface area contributed by atoms with E-state index in [-0.39, 0.29) is 11.9 Å². The highest BCUT2D eigenvalue weighted by Crippen LogP contribution is 2.23. The molecule has 108 valence electrons. The summed E-state index contributed by atoms with van der Waals surface area (Å²) in [5, 5.41) is 7.65. The Morgan fingerprint density at radius 1 is 1.33 bits per heavy atom. The van der Waals surface area contributed by atoms with Gasteiger partial charge >= 0.3 is 0 Å². The first-order valence-corrected chi connectivity index (χ1v) is 6.88. The zero-order valence-electron chi connectivity index (χ0n) is 12.0. The van der Waals surface area contributed by atoms with E-state index in [1.54, 1.807) is 12.3 Å². The number of fused-ring (bicyclic) bond motifs is 1. The van der Waals surface area contributed by atoms with Crippen molar-refractivity contribution in [2.75, 3.05) is 7.05 Å². The lowest BCUT2D eigenvalue weighted by Crippen LogP contribution is -2.19. The third-order valence-corrected chi connectivity index (χ3v) is 3.81. The Morgan fingerprint density at radius 3 is 2.95 bits per heavy atom. The van der Waals surface area contributed by atoms with Crippen molar-refractivity contribution in [1.29, 1.82) is 0 Å². The Kier molecular flexibility index (Phi) is 3.66. The predicted molar refractivity (Wildman–Crippen MR) is 79.6 cm³/mol. The molecule has 0 bridgehead atoms. The van der Waals surface area contributed by atoms with Crippen molar-refractivity contribution in [1.82, 2.24) is 19.9 Å². The van der Waals surface area contributed by atoms with Crippen LogP contribution in [0.2, 0.25) is 0 Å². The first-order valence-electron chi connectivity index (χ1n) is 6.88. The Hall–Kier alpha value is -2.27. The lowest BCUT2D eigenvalue weighted by molar-refractivity contribution is 0.590. The third-order valence-electron chi connectivity index (χ3n) is 3.81. The average Bonchev–Trinajstić information content (AvgIpc) is 2.91. The molecule has 1 atom stereocenters. The molecular formula is C16H17FN4. The lowest BCUT2D eigenvalue weighted by Gasteiger charge is -2.16. The number of rotatable bonds is 4. The highest BCUT2D eigenvalue weighted by molar-refractivity contribution is 5.53. The molecule has 0 aliphatic heterocycles. The maximum absolute atomic E-state index is 13.2. The summed E-state index contributed by atoms with van der Waals surface area (Å²) in [5.74, 6) is -0.197. The number of nitrogens with one attached hydrogen (secondary N) is 1. The van der Waals surface area contributed by atoms with Gasteiger partial charge in [0.2, 0.25) is 0 Å². The minimum Gasteiger partial charge on any atom is -0.313 e. The van der Waals surface area contributed by atoms with E-state index in [0.29, 0.717) is 0 Å². The number of aromatic nitrogens is 3. The fraction of sp³-hybridized carbons (Fsp3) is 0.250. The molecule has 2 heterocycles. The summed E-state index contributed by atoms with van der Waals surface area (Å²) in [7, 11) is 1.92. The lowest BCUT2D eigenvalue weighted by atomic mass is 9.97.